The minimum absolute atomic E-state index is 0.344. The van der Waals surface area contributed by atoms with Gasteiger partial charge in [0.05, 0.1) is 12.2 Å². The summed E-state index contributed by atoms with van der Waals surface area (Å²) in [7, 11) is 0. The molecule has 0 saturated carbocycles. The zero-order valence-electron chi connectivity index (χ0n) is 11.2. The molecule has 0 amide bonds. The number of benzene rings is 2. The second-order valence-corrected chi connectivity index (χ2v) is 5.00. The maximum absolute atomic E-state index is 12.6. The van der Waals surface area contributed by atoms with Gasteiger partial charge in [-0.15, -0.1) is 0 Å². The normalized spacial score (nSPS) is 13.9. The zero-order valence-corrected chi connectivity index (χ0v) is 11.2. The SMILES string of the molecule is NCc1cc(-c2ccc(C(F)(F)F)cc2)cc2c1OCC2. The van der Waals surface area contributed by atoms with Gasteiger partial charge < -0.3 is 10.5 Å². The molecule has 2 aromatic carbocycles. The summed E-state index contributed by atoms with van der Waals surface area (Å²) >= 11 is 0. The van der Waals surface area contributed by atoms with Gasteiger partial charge in [0.25, 0.3) is 0 Å². The molecule has 3 rings (SSSR count). The highest BCUT2D eigenvalue weighted by molar-refractivity contribution is 5.68. The molecule has 0 aliphatic carbocycles. The maximum atomic E-state index is 12.6. The standard InChI is InChI=1S/C16H14F3NO/c17-16(18,19)14-3-1-10(2-4-14)12-7-11-5-6-21-15(11)13(8-12)9-20/h1-4,7-8H,5-6,9,20H2. The van der Waals surface area contributed by atoms with Gasteiger partial charge in [-0.3, -0.25) is 0 Å². The molecule has 0 saturated heterocycles. The van der Waals surface area contributed by atoms with Crippen molar-refractivity contribution >= 4 is 0 Å². The Morgan fingerprint density at radius 2 is 1.76 bits per heavy atom. The van der Waals surface area contributed by atoms with Crippen LogP contribution in [0.5, 0.6) is 5.75 Å². The largest absolute Gasteiger partial charge is 0.493 e. The lowest BCUT2D eigenvalue weighted by Crippen LogP contribution is -2.04. The van der Waals surface area contributed by atoms with Gasteiger partial charge >= 0.3 is 6.18 Å². The molecule has 0 unspecified atom stereocenters. The molecular formula is C16H14F3NO. The minimum Gasteiger partial charge on any atom is -0.493 e. The summed E-state index contributed by atoms with van der Waals surface area (Å²) in [6.07, 6.45) is -3.51. The van der Waals surface area contributed by atoms with Crippen LogP contribution in [0.2, 0.25) is 0 Å². The molecule has 2 N–H and O–H groups in total. The van der Waals surface area contributed by atoms with Crippen LogP contribution in [0.1, 0.15) is 16.7 Å². The summed E-state index contributed by atoms with van der Waals surface area (Å²) in [4.78, 5) is 0. The van der Waals surface area contributed by atoms with Gasteiger partial charge in [0.15, 0.2) is 0 Å². The van der Waals surface area contributed by atoms with Crippen molar-refractivity contribution in [1.82, 2.24) is 0 Å². The number of halogens is 3. The molecule has 0 radical (unpaired) electrons. The van der Waals surface area contributed by atoms with E-state index in [9.17, 15) is 13.2 Å². The predicted molar refractivity (Wildman–Crippen MR) is 74.0 cm³/mol. The van der Waals surface area contributed by atoms with E-state index in [1.54, 1.807) is 0 Å². The average molecular weight is 293 g/mol. The fourth-order valence-corrected chi connectivity index (χ4v) is 2.56. The lowest BCUT2D eigenvalue weighted by Gasteiger charge is -2.11. The van der Waals surface area contributed by atoms with Crippen molar-refractivity contribution in [3.63, 3.8) is 0 Å². The highest BCUT2D eigenvalue weighted by atomic mass is 19.4. The summed E-state index contributed by atoms with van der Waals surface area (Å²) < 4.78 is 43.3. The number of hydrogen-bond donors (Lipinski definition) is 1. The van der Waals surface area contributed by atoms with E-state index in [-0.39, 0.29) is 0 Å². The van der Waals surface area contributed by atoms with Gasteiger partial charge in [-0.05, 0) is 41.0 Å². The van der Waals surface area contributed by atoms with E-state index in [4.69, 9.17) is 10.5 Å². The molecule has 1 heterocycles. The second kappa shape index (κ2) is 5.07. The average Bonchev–Trinajstić information content (AvgIpc) is 2.93. The second-order valence-electron chi connectivity index (χ2n) is 5.00. The minimum atomic E-state index is -4.31. The van der Waals surface area contributed by atoms with E-state index in [1.807, 2.05) is 12.1 Å². The summed E-state index contributed by atoms with van der Waals surface area (Å²) in [5, 5.41) is 0. The molecule has 0 fully saturated rings. The van der Waals surface area contributed by atoms with E-state index in [1.165, 1.54) is 12.1 Å². The van der Waals surface area contributed by atoms with Crippen molar-refractivity contribution in [2.45, 2.75) is 19.1 Å². The summed E-state index contributed by atoms with van der Waals surface area (Å²) in [5.41, 5.74) is 8.64. The zero-order chi connectivity index (χ0) is 15.0. The molecule has 0 spiro atoms. The lowest BCUT2D eigenvalue weighted by molar-refractivity contribution is -0.137. The van der Waals surface area contributed by atoms with Gasteiger partial charge in [-0.2, -0.15) is 13.2 Å². The van der Waals surface area contributed by atoms with Crippen molar-refractivity contribution < 1.29 is 17.9 Å². The van der Waals surface area contributed by atoms with Crippen LogP contribution in [0.15, 0.2) is 36.4 Å². The molecule has 5 heteroatoms. The van der Waals surface area contributed by atoms with Crippen LogP contribution in [-0.2, 0) is 19.1 Å². The Bertz CT molecular complexity index is 662. The van der Waals surface area contributed by atoms with Crippen LogP contribution in [0.25, 0.3) is 11.1 Å². The molecule has 110 valence electrons. The number of rotatable bonds is 2. The fraction of sp³-hybridized carbons (Fsp3) is 0.250. The molecule has 1 aliphatic rings. The molecule has 2 nitrogen and oxygen atoms in total. The Morgan fingerprint density at radius 3 is 2.38 bits per heavy atom. The molecule has 0 aromatic heterocycles. The third-order valence-electron chi connectivity index (χ3n) is 3.63. The van der Waals surface area contributed by atoms with Crippen LogP contribution in [0.4, 0.5) is 13.2 Å². The van der Waals surface area contributed by atoms with Crippen LogP contribution < -0.4 is 10.5 Å². The Balaban J connectivity index is 2.01. The van der Waals surface area contributed by atoms with Gasteiger partial charge in [0.1, 0.15) is 5.75 Å². The summed E-state index contributed by atoms with van der Waals surface area (Å²) in [6, 6.07) is 9.01. The molecule has 2 aromatic rings. The topological polar surface area (TPSA) is 35.2 Å². The third-order valence-corrected chi connectivity index (χ3v) is 3.63. The predicted octanol–water partition coefficient (Wildman–Crippen LogP) is 3.77. The maximum Gasteiger partial charge on any atom is 0.416 e. The van der Waals surface area contributed by atoms with Crippen molar-refractivity contribution in [2.75, 3.05) is 6.61 Å². The molecule has 21 heavy (non-hydrogen) atoms. The first kappa shape index (κ1) is 13.9. The van der Waals surface area contributed by atoms with Crippen LogP contribution in [-0.4, -0.2) is 6.61 Å². The van der Waals surface area contributed by atoms with E-state index in [2.05, 4.69) is 0 Å². The first-order valence-electron chi connectivity index (χ1n) is 6.65. The van der Waals surface area contributed by atoms with Crippen molar-refractivity contribution in [2.24, 2.45) is 5.73 Å². The van der Waals surface area contributed by atoms with Crippen molar-refractivity contribution in [1.29, 1.82) is 0 Å². The summed E-state index contributed by atoms with van der Waals surface area (Å²) in [5.74, 6) is 0.827. The van der Waals surface area contributed by atoms with E-state index >= 15 is 0 Å². The number of fused-ring (bicyclic) bond motifs is 1. The quantitative estimate of drug-likeness (QED) is 0.915. The van der Waals surface area contributed by atoms with E-state index in [0.717, 1.165) is 46.6 Å². The van der Waals surface area contributed by atoms with Gasteiger partial charge in [-0.1, -0.05) is 12.1 Å². The Labute approximate surface area is 120 Å². The third kappa shape index (κ3) is 2.61. The molecule has 1 aliphatic heterocycles. The first-order valence-corrected chi connectivity index (χ1v) is 6.65. The first-order chi connectivity index (χ1) is 9.99. The van der Waals surface area contributed by atoms with Gasteiger partial charge in [0, 0.05) is 18.5 Å². The number of ether oxygens (including phenoxy) is 1. The van der Waals surface area contributed by atoms with E-state index < -0.39 is 11.7 Å². The van der Waals surface area contributed by atoms with Gasteiger partial charge in [0.2, 0.25) is 0 Å². The van der Waals surface area contributed by atoms with E-state index in [0.29, 0.717) is 13.2 Å². The van der Waals surface area contributed by atoms with Gasteiger partial charge in [-0.25, -0.2) is 0 Å². The van der Waals surface area contributed by atoms with Crippen LogP contribution in [0.3, 0.4) is 0 Å². The molecular weight excluding hydrogens is 279 g/mol. The van der Waals surface area contributed by atoms with Crippen LogP contribution >= 0.6 is 0 Å². The van der Waals surface area contributed by atoms with Crippen molar-refractivity contribution in [3.05, 3.63) is 53.1 Å². The smallest absolute Gasteiger partial charge is 0.416 e. The summed E-state index contributed by atoms with van der Waals surface area (Å²) in [6.45, 7) is 0.968. The molecule has 0 atom stereocenters. The highest BCUT2D eigenvalue weighted by Gasteiger charge is 2.30. The lowest BCUT2D eigenvalue weighted by atomic mass is 9.97. The monoisotopic (exact) mass is 293 g/mol. The highest BCUT2D eigenvalue weighted by Crippen LogP contribution is 2.36. The van der Waals surface area contributed by atoms with Crippen molar-refractivity contribution in [3.8, 4) is 16.9 Å². The Kier molecular flexibility index (Phi) is 3.37. The number of alkyl halides is 3. The number of nitrogens with two attached hydrogens (primary N) is 1. The Hall–Kier alpha value is -2.01. The fourth-order valence-electron chi connectivity index (χ4n) is 2.56. The Morgan fingerprint density at radius 1 is 1.05 bits per heavy atom. The van der Waals surface area contributed by atoms with Crippen LogP contribution in [0, 0.1) is 0 Å². The molecule has 0 bridgehead atoms. The number of hydrogen-bond acceptors (Lipinski definition) is 2.